The number of piperidine rings is 1. The zero-order valence-corrected chi connectivity index (χ0v) is 14.0. The molecule has 8 heteroatoms. The Balaban J connectivity index is 1.97. The maximum atomic E-state index is 12.0. The number of alkyl halides is 2. The van der Waals surface area contributed by atoms with E-state index < -0.39 is 16.1 Å². The molecule has 22 heavy (non-hydrogen) atoms. The van der Waals surface area contributed by atoms with Crippen molar-refractivity contribution >= 4 is 45.3 Å². The molecule has 0 saturated carbocycles. The van der Waals surface area contributed by atoms with E-state index >= 15 is 0 Å². The highest BCUT2D eigenvalue weighted by atomic mass is 35.5. The van der Waals surface area contributed by atoms with Crippen molar-refractivity contribution in [3.8, 4) is 0 Å². The predicted molar refractivity (Wildman–Crippen MR) is 88.4 cm³/mol. The normalized spacial score (nSPS) is 22.7. The number of halogens is 2. The summed E-state index contributed by atoms with van der Waals surface area (Å²) >= 11 is 12.0. The summed E-state index contributed by atoms with van der Waals surface area (Å²) in [6.45, 7) is 0.598. The van der Waals surface area contributed by atoms with E-state index in [9.17, 15) is 13.2 Å². The molecule has 120 valence electrons. The first kappa shape index (κ1) is 17.1. The largest absolute Gasteiger partial charge is 0.331 e. The molecule has 1 aliphatic heterocycles. The van der Waals surface area contributed by atoms with Crippen LogP contribution in [-0.2, 0) is 10.0 Å². The molecule has 0 spiro atoms. The number of nitrogens with zero attached hydrogens (tertiary/aromatic N) is 1. The Hall–Kier alpha value is -1.24. The van der Waals surface area contributed by atoms with Gasteiger partial charge >= 0.3 is 6.03 Å². The van der Waals surface area contributed by atoms with Crippen LogP contribution in [-0.4, -0.2) is 43.2 Å². The van der Waals surface area contributed by atoms with Crippen molar-refractivity contribution in [3.63, 3.8) is 0 Å². The summed E-state index contributed by atoms with van der Waals surface area (Å²) in [5, 5.41) is 0.372. The number of hydrogen-bond acceptors (Lipinski definition) is 3. The second-order valence-electron chi connectivity index (χ2n) is 4.93. The minimum absolute atomic E-state index is 0.208. The molecule has 1 aromatic rings. The average Bonchev–Trinajstić information content (AvgIpc) is 2.49. The van der Waals surface area contributed by atoms with E-state index in [4.69, 9.17) is 23.2 Å². The summed E-state index contributed by atoms with van der Waals surface area (Å²) in [6, 6.07) is 8.25. The van der Waals surface area contributed by atoms with Gasteiger partial charge in [-0.2, -0.15) is 0 Å². The summed E-state index contributed by atoms with van der Waals surface area (Å²) < 4.78 is 25.8. The number of carbonyl (C=O) groups is 1. The molecule has 0 radical (unpaired) electrons. The van der Waals surface area contributed by atoms with Gasteiger partial charge in [-0.25, -0.2) is 17.9 Å². The lowest BCUT2D eigenvalue weighted by Gasteiger charge is -2.32. The second-order valence-corrected chi connectivity index (χ2v) is 7.62. The maximum absolute atomic E-state index is 12.0. The highest BCUT2D eigenvalue weighted by Gasteiger charge is 2.29. The van der Waals surface area contributed by atoms with Crippen molar-refractivity contribution in [1.29, 1.82) is 0 Å². The molecule has 5 nitrogen and oxygen atoms in total. The van der Waals surface area contributed by atoms with E-state index in [1.807, 2.05) is 10.8 Å². The van der Waals surface area contributed by atoms with Gasteiger partial charge in [0.05, 0.1) is 16.2 Å². The summed E-state index contributed by atoms with van der Waals surface area (Å²) in [5.41, 5.74) is 0.726. The molecule has 1 heterocycles. The molecule has 1 aromatic carbocycles. The second kappa shape index (κ2) is 7.35. The summed E-state index contributed by atoms with van der Waals surface area (Å²) in [6.07, 6.45) is 1.95. The number of hydrogen-bond donors (Lipinski definition) is 1. The lowest BCUT2D eigenvalue weighted by molar-refractivity contribution is 0.194. The minimum atomic E-state index is -3.86. The highest BCUT2D eigenvalue weighted by molar-refractivity contribution is 7.93. The Kier molecular flexibility index (Phi) is 5.72. The molecule has 2 rings (SSSR count). The van der Waals surface area contributed by atoms with Crippen LogP contribution in [0.15, 0.2) is 35.7 Å². The Morgan fingerprint density at radius 3 is 2.55 bits per heavy atom. The Morgan fingerprint density at radius 1 is 1.23 bits per heavy atom. The fourth-order valence-electron chi connectivity index (χ4n) is 2.01. The first-order chi connectivity index (χ1) is 10.4. The van der Waals surface area contributed by atoms with Gasteiger partial charge in [0.1, 0.15) is 0 Å². The highest BCUT2D eigenvalue weighted by Crippen LogP contribution is 2.21. The zero-order valence-electron chi connectivity index (χ0n) is 11.7. The van der Waals surface area contributed by atoms with Crippen LogP contribution in [0.4, 0.5) is 4.79 Å². The standard InChI is InChI=1S/C14H16Cl2N2O3S/c15-12-6-8-18(10-13(12)16)14(19)17-22(20,21)9-7-11-4-2-1-3-5-11/h1-5,7,9,12-13H,6,8,10H2,(H,17,19). The summed E-state index contributed by atoms with van der Waals surface area (Å²) in [4.78, 5) is 13.3. The van der Waals surface area contributed by atoms with Gasteiger partial charge in [0, 0.05) is 13.1 Å². The fourth-order valence-corrected chi connectivity index (χ4v) is 3.26. The van der Waals surface area contributed by atoms with Crippen molar-refractivity contribution in [2.45, 2.75) is 17.2 Å². The molecule has 1 N–H and O–H groups in total. The quantitative estimate of drug-likeness (QED) is 0.840. The van der Waals surface area contributed by atoms with Crippen LogP contribution in [0, 0.1) is 0 Å². The van der Waals surface area contributed by atoms with Gasteiger partial charge in [-0.1, -0.05) is 30.3 Å². The monoisotopic (exact) mass is 362 g/mol. The van der Waals surface area contributed by atoms with E-state index in [0.29, 0.717) is 13.0 Å². The van der Waals surface area contributed by atoms with Crippen LogP contribution in [0.5, 0.6) is 0 Å². The molecule has 1 aliphatic rings. The number of nitrogens with one attached hydrogen (secondary N) is 1. The lowest BCUT2D eigenvalue weighted by atomic mass is 10.1. The zero-order chi connectivity index (χ0) is 16.2. The van der Waals surface area contributed by atoms with Gasteiger partial charge in [0.25, 0.3) is 10.0 Å². The van der Waals surface area contributed by atoms with Gasteiger partial charge in [-0.05, 0) is 18.1 Å². The first-order valence-corrected chi connectivity index (χ1v) is 9.12. The SMILES string of the molecule is O=C(NS(=O)(=O)C=Cc1ccccc1)N1CCC(Cl)C(Cl)C1. The summed E-state index contributed by atoms with van der Waals surface area (Å²) in [7, 11) is -3.86. The molecule has 1 fully saturated rings. The molecular weight excluding hydrogens is 347 g/mol. The van der Waals surface area contributed by atoms with Crippen molar-refractivity contribution < 1.29 is 13.2 Å². The van der Waals surface area contributed by atoms with Gasteiger partial charge in [0.2, 0.25) is 0 Å². The fraction of sp³-hybridized carbons (Fsp3) is 0.357. The number of likely N-dealkylation sites (tertiary alicyclic amines) is 1. The van der Waals surface area contributed by atoms with E-state index in [1.54, 1.807) is 24.3 Å². The van der Waals surface area contributed by atoms with Crippen LogP contribution in [0.25, 0.3) is 6.08 Å². The van der Waals surface area contributed by atoms with E-state index in [2.05, 4.69) is 0 Å². The van der Waals surface area contributed by atoms with Crippen LogP contribution < -0.4 is 4.72 Å². The molecule has 2 amide bonds. The molecule has 1 saturated heterocycles. The average molecular weight is 363 g/mol. The third-order valence-corrected chi connectivity index (χ3v) is 5.27. The smallest absolute Gasteiger partial charge is 0.322 e. The Labute approximate surface area is 139 Å². The number of urea groups is 1. The van der Waals surface area contributed by atoms with Crippen LogP contribution >= 0.6 is 23.2 Å². The van der Waals surface area contributed by atoms with Crippen LogP contribution in [0.2, 0.25) is 0 Å². The van der Waals surface area contributed by atoms with Crippen molar-refractivity contribution in [1.82, 2.24) is 9.62 Å². The van der Waals surface area contributed by atoms with E-state index in [1.165, 1.54) is 11.0 Å². The number of amides is 2. The molecule has 0 aliphatic carbocycles. The van der Waals surface area contributed by atoms with Crippen LogP contribution in [0.1, 0.15) is 12.0 Å². The third kappa shape index (κ3) is 4.90. The predicted octanol–water partition coefficient (Wildman–Crippen LogP) is 2.62. The van der Waals surface area contributed by atoms with Crippen molar-refractivity contribution in [3.05, 3.63) is 41.3 Å². The van der Waals surface area contributed by atoms with Crippen molar-refractivity contribution in [2.75, 3.05) is 13.1 Å². The van der Waals surface area contributed by atoms with E-state index in [0.717, 1.165) is 11.0 Å². The number of carbonyl (C=O) groups excluding carboxylic acids is 1. The molecular formula is C14H16Cl2N2O3S. The van der Waals surface area contributed by atoms with E-state index in [-0.39, 0.29) is 17.3 Å². The minimum Gasteiger partial charge on any atom is -0.322 e. The topological polar surface area (TPSA) is 66.5 Å². The lowest BCUT2D eigenvalue weighted by Crippen LogP contribution is -2.50. The Morgan fingerprint density at radius 2 is 1.91 bits per heavy atom. The number of benzene rings is 1. The third-order valence-electron chi connectivity index (χ3n) is 3.22. The number of sulfonamides is 1. The van der Waals surface area contributed by atoms with Crippen LogP contribution in [0.3, 0.4) is 0 Å². The molecule has 0 aromatic heterocycles. The van der Waals surface area contributed by atoms with Gasteiger partial charge < -0.3 is 4.90 Å². The van der Waals surface area contributed by atoms with Crippen molar-refractivity contribution in [2.24, 2.45) is 0 Å². The van der Waals surface area contributed by atoms with Gasteiger partial charge in [-0.3, -0.25) is 0 Å². The van der Waals surface area contributed by atoms with Gasteiger partial charge in [0.15, 0.2) is 0 Å². The van der Waals surface area contributed by atoms with Gasteiger partial charge in [-0.15, -0.1) is 23.2 Å². The Bertz CT molecular complexity index is 649. The first-order valence-electron chi connectivity index (χ1n) is 6.70. The maximum Gasteiger partial charge on any atom is 0.331 e. The number of rotatable bonds is 3. The molecule has 2 atom stereocenters. The molecule has 2 unspecified atom stereocenters. The molecule has 0 bridgehead atoms. The summed E-state index contributed by atoms with van der Waals surface area (Å²) in [5.74, 6) is 0.